The van der Waals surface area contributed by atoms with Crippen LogP contribution in [0, 0.1) is 0 Å². The van der Waals surface area contributed by atoms with Crippen LogP contribution in [0.2, 0.25) is 0 Å². The first-order valence-corrected chi connectivity index (χ1v) is 12.5. The van der Waals surface area contributed by atoms with Crippen LogP contribution in [-0.2, 0) is 21.6 Å². The monoisotopic (exact) mass is 494 g/mol. The van der Waals surface area contributed by atoms with E-state index in [4.69, 9.17) is 9.15 Å². The maximum atomic E-state index is 14.6. The molecule has 0 saturated heterocycles. The van der Waals surface area contributed by atoms with E-state index in [1.54, 1.807) is 29.2 Å². The number of hydrogen-bond acceptors (Lipinski definition) is 5. The number of ether oxygens (including phenoxy) is 1. The van der Waals surface area contributed by atoms with Gasteiger partial charge in [0.25, 0.3) is 11.8 Å². The number of nitrogens with zero attached hydrogens (tertiary/aromatic N) is 2. The van der Waals surface area contributed by atoms with Crippen LogP contribution >= 0.6 is 0 Å². The van der Waals surface area contributed by atoms with Crippen molar-refractivity contribution in [3.8, 4) is 0 Å². The topological polar surface area (TPSA) is 80.1 Å². The molecule has 0 aliphatic carbocycles. The summed E-state index contributed by atoms with van der Waals surface area (Å²) in [7, 11) is 0. The van der Waals surface area contributed by atoms with Gasteiger partial charge in [-0.1, -0.05) is 60.7 Å². The van der Waals surface area contributed by atoms with Crippen molar-refractivity contribution in [2.75, 3.05) is 24.7 Å². The molecule has 0 bridgehead atoms. The van der Waals surface area contributed by atoms with Gasteiger partial charge in [0.15, 0.2) is 11.0 Å². The van der Waals surface area contributed by atoms with Crippen molar-refractivity contribution in [2.45, 2.75) is 25.4 Å². The summed E-state index contributed by atoms with van der Waals surface area (Å²) in [6.07, 6.45) is 0.511. The van der Waals surface area contributed by atoms with Crippen molar-refractivity contribution in [3.05, 3.63) is 112 Å². The molecule has 2 aliphatic rings. The van der Waals surface area contributed by atoms with Crippen LogP contribution in [0.3, 0.4) is 0 Å². The lowest BCUT2D eigenvalue weighted by molar-refractivity contribution is -0.126. The van der Waals surface area contributed by atoms with E-state index >= 15 is 0 Å². The van der Waals surface area contributed by atoms with Gasteiger partial charge < -0.3 is 19.0 Å². The van der Waals surface area contributed by atoms with Crippen molar-refractivity contribution in [2.24, 2.45) is 0 Å². The minimum atomic E-state index is -1.60. The average Bonchev–Trinajstić information content (AvgIpc) is 3.32. The molecule has 186 valence electrons. The highest BCUT2D eigenvalue weighted by Crippen LogP contribution is 2.52. The van der Waals surface area contributed by atoms with E-state index in [0.717, 1.165) is 5.56 Å². The molecule has 3 aromatic carbocycles. The zero-order chi connectivity index (χ0) is 25.6. The predicted molar refractivity (Wildman–Crippen MR) is 139 cm³/mol. The minimum Gasteiger partial charge on any atom is -0.450 e. The maximum absolute atomic E-state index is 14.6. The van der Waals surface area contributed by atoms with Crippen molar-refractivity contribution in [3.63, 3.8) is 0 Å². The van der Waals surface area contributed by atoms with Crippen molar-refractivity contribution >= 4 is 28.5 Å². The minimum absolute atomic E-state index is 0.0650. The third-order valence-electron chi connectivity index (χ3n) is 7.20. The fourth-order valence-electron chi connectivity index (χ4n) is 5.63. The molecular formula is C30H26N2O5. The average molecular weight is 495 g/mol. The number of rotatable bonds is 7. The highest BCUT2D eigenvalue weighted by Gasteiger charge is 2.64. The molecule has 2 amide bonds. The van der Waals surface area contributed by atoms with Crippen LogP contribution < -0.4 is 10.3 Å². The zero-order valence-corrected chi connectivity index (χ0v) is 20.5. The van der Waals surface area contributed by atoms with Crippen molar-refractivity contribution in [1.29, 1.82) is 0 Å². The van der Waals surface area contributed by atoms with Gasteiger partial charge in [0.05, 0.1) is 23.2 Å². The number of amides is 2. The number of carbonyl (C=O) groups excluding carboxylic acids is 2. The Balaban J connectivity index is 1.60. The van der Waals surface area contributed by atoms with Gasteiger partial charge in [-0.2, -0.15) is 0 Å². The van der Waals surface area contributed by atoms with Crippen LogP contribution in [0.4, 0.5) is 5.69 Å². The number of carbonyl (C=O) groups is 2. The highest BCUT2D eigenvalue weighted by molar-refractivity contribution is 6.17. The molecule has 0 N–H and O–H groups in total. The third kappa shape index (κ3) is 3.34. The number of fused-ring (bicyclic) bond motifs is 5. The molecule has 7 nitrogen and oxygen atoms in total. The molecule has 0 fully saturated rings. The molecular weight excluding hydrogens is 468 g/mol. The molecule has 4 aromatic rings. The lowest BCUT2D eigenvalue weighted by atomic mass is 9.84. The van der Waals surface area contributed by atoms with E-state index in [1.165, 1.54) is 4.90 Å². The summed E-state index contributed by atoms with van der Waals surface area (Å²) >= 11 is 0. The summed E-state index contributed by atoms with van der Waals surface area (Å²) in [6.45, 7) is 3.44. The van der Waals surface area contributed by atoms with Gasteiger partial charge in [-0.25, -0.2) is 0 Å². The number of hydrogen-bond donors (Lipinski definition) is 0. The molecule has 1 aromatic heterocycles. The Morgan fingerprint density at radius 2 is 1.62 bits per heavy atom. The van der Waals surface area contributed by atoms with E-state index in [2.05, 4.69) is 0 Å². The van der Waals surface area contributed by atoms with E-state index < -0.39 is 11.4 Å². The zero-order valence-electron chi connectivity index (χ0n) is 20.5. The maximum Gasteiger partial charge on any atom is 0.291 e. The summed E-state index contributed by atoms with van der Waals surface area (Å²) in [5.41, 5.74) is 0.699. The molecule has 6 rings (SSSR count). The van der Waals surface area contributed by atoms with Crippen molar-refractivity contribution in [1.82, 2.24) is 4.90 Å². The van der Waals surface area contributed by atoms with Gasteiger partial charge in [-0.3, -0.25) is 14.4 Å². The fourth-order valence-corrected chi connectivity index (χ4v) is 5.63. The fraction of sp³-hybridized carbons (Fsp3) is 0.233. The molecule has 1 atom stereocenters. The lowest BCUT2D eigenvalue weighted by Crippen LogP contribution is -2.53. The first-order chi connectivity index (χ1) is 18.1. The third-order valence-corrected chi connectivity index (χ3v) is 7.20. The first-order valence-electron chi connectivity index (χ1n) is 12.5. The van der Waals surface area contributed by atoms with Gasteiger partial charge in [-0.05, 0) is 37.1 Å². The quantitative estimate of drug-likeness (QED) is 0.354. The SMILES string of the molecule is CCOCCCN1C(=O)c2oc3ccccc3c(=O)c2C12C(=O)N(Cc1ccccc1)c1ccccc12. The second-order valence-electron chi connectivity index (χ2n) is 9.24. The number of para-hydroxylation sites is 2. The Labute approximate surface area is 213 Å². The standard InChI is InChI=1S/C30H26N2O5/c1-2-36-18-10-17-32-28(34)27-25(26(33)21-13-6-9-16-24(21)37-27)30(32)22-14-7-8-15-23(22)31(29(30)35)19-20-11-4-3-5-12-20/h3-9,11-16H,2,10,17-19H2,1H3. The lowest BCUT2D eigenvalue weighted by Gasteiger charge is -2.34. The first kappa shape index (κ1) is 23.2. The van der Waals surface area contributed by atoms with Gasteiger partial charge in [0.2, 0.25) is 5.76 Å². The molecule has 37 heavy (non-hydrogen) atoms. The summed E-state index contributed by atoms with van der Waals surface area (Å²) in [4.78, 5) is 45.8. The Morgan fingerprint density at radius 1 is 0.892 bits per heavy atom. The Bertz CT molecular complexity index is 1580. The molecule has 0 radical (unpaired) electrons. The normalized spacial score (nSPS) is 18.2. The summed E-state index contributed by atoms with van der Waals surface area (Å²) in [6, 6.07) is 23.9. The molecule has 2 aliphatic heterocycles. The van der Waals surface area contributed by atoms with Gasteiger partial charge in [-0.15, -0.1) is 0 Å². The highest BCUT2D eigenvalue weighted by atomic mass is 16.5. The smallest absolute Gasteiger partial charge is 0.291 e. The number of anilines is 1. The van der Waals surface area contributed by atoms with Gasteiger partial charge in [0, 0.05) is 25.3 Å². The van der Waals surface area contributed by atoms with Gasteiger partial charge >= 0.3 is 0 Å². The van der Waals surface area contributed by atoms with Crippen LogP contribution in [0.1, 0.15) is 40.6 Å². The predicted octanol–water partition coefficient (Wildman–Crippen LogP) is 4.47. The van der Waals surface area contributed by atoms with E-state index in [-0.39, 0.29) is 29.2 Å². The van der Waals surface area contributed by atoms with Gasteiger partial charge in [0.1, 0.15) is 5.58 Å². The summed E-state index contributed by atoms with van der Waals surface area (Å²) in [5, 5.41) is 0.344. The Morgan fingerprint density at radius 3 is 2.43 bits per heavy atom. The Hall–Kier alpha value is -4.23. The summed E-state index contributed by atoms with van der Waals surface area (Å²) < 4.78 is 11.6. The Kier molecular flexibility index (Phi) is 5.65. The second-order valence-corrected chi connectivity index (χ2v) is 9.24. The van der Waals surface area contributed by atoms with Crippen LogP contribution in [0.15, 0.2) is 88.1 Å². The van der Waals surface area contributed by atoms with Crippen molar-refractivity contribution < 1.29 is 18.7 Å². The molecule has 1 spiro atoms. The molecule has 7 heteroatoms. The molecule has 0 saturated carbocycles. The van der Waals surface area contributed by atoms with E-state index in [0.29, 0.717) is 48.4 Å². The van der Waals surface area contributed by atoms with Crippen LogP contribution in [0.25, 0.3) is 11.0 Å². The van der Waals surface area contributed by atoms with E-state index in [1.807, 2.05) is 61.5 Å². The summed E-state index contributed by atoms with van der Waals surface area (Å²) in [5.74, 6) is -0.854. The molecule has 1 unspecified atom stereocenters. The van der Waals surface area contributed by atoms with Crippen LogP contribution in [0.5, 0.6) is 0 Å². The second kappa shape index (κ2) is 9.01. The van der Waals surface area contributed by atoms with Crippen LogP contribution in [-0.4, -0.2) is 36.5 Å². The largest absolute Gasteiger partial charge is 0.450 e. The number of benzene rings is 3. The molecule has 3 heterocycles. The van der Waals surface area contributed by atoms with E-state index in [9.17, 15) is 14.4 Å².